The molecular weight excluding hydrogens is 534 g/mol. The molecule has 0 aliphatic rings. The lowest BCUT2D eigenvalue weighted by Crippen LogP contribution is -2.53. The first-order valence-corrected chi connectivity index (χ1v) is 16.1. The van der Waals surface area contributed by atoms with Crippen LogP contribution in [0.1, 0.15) is 61.8 Å². The highest BCUT2D eigenvalue weighted by molar-refractivity contribution is 7.92. The van der Waals surface area contributed by atoms with Crippen molar-refractivity contribution in [2.75, 3.05) is 23.7 Å². The summed E-state index contributed by atoms with van der Waals surface area (Å²) in [7, 11) is -3.82. The Morgan fingerprint density at radius 3 is 2.17 bits per heavy atom. The van der Waals surface area contributed by atoms with Crippen LogP contribution in [0.15, 0.2) is 78.9 Å². The van der Waals surface area contributed by atoms with Crippen LogP contribution in [0.5, 0.6) is 0 Å². The van der Waals surface area contributed by atoms with Gasteiger partial charge >= 0.3 is 0 Å². The number of carbonyl (C=O) groups is 2. The second-order valence-corrected chi connectivity index (χ2v) is 12.7. The predicted molar refractivity (Wildman–Crippen MR) is 166 cm³/mol. The van der Waals surface area contributed by atoms with Gasteiger partial charge in [-0.2, -0.15) is 0 Å². The van der Waals surface area contributed by atoms with Crippen LogP contribution in [0.3, 0.4) is 0 Å². The number of amides is 2. The molecule has 0 aliphatic heterocycles. The molecule has 0 heterocycles. The zero-order valence-electron chi connectivity index (χ0n) is 24.8. The van der Waals surface area contributed by atoms with Crippen molar-refractivity contribution >= 4 is 27.5 Å². The number of hydrogen-bond acceptors (Lipinski definition) is 4. The highest BCUT2D eigenvalue weighted by Gasteiger charge is 2.33. The Hall–Kier alpha value is -3.65. The van der Waals surface area contributed by atoms with E-state index in [1.54, 1.807) is 17.0 Å². The minimum atomic E-state index is -3.82. The molecule has 7 nitrogen and oxygen atoms in total. The fourth-order valence-electron chi connectivity index (χ4n) is 4.83. The average molecular weight is 578 g/mol. The minimum Gasteiger partial charge on any atom is -0.354 e. The van der Waals surface area contributed by atoms with Crippen molar-refractivity contribution in [1.29, 1.82) is 0 Å². The summed E-state index contributed by atoms with van der Waals surface area (Å²) >= 11 is 0. The molecule has 0 saturated heterocycles. The standard InChI is InChI=1S/C33H43N3O4S/c1-6-7-21-34-33(38)31(22-27-16-9-8-10-17-27)35(23-28-18-12-11-15-26(28)4)32(37)24-36(41(5,39)40)30-20-14-13-19-29(30)25(2)3/h8-20,25,31H,6-7,21-24H2,1-5H3,(H,34,38)/t31-/m0/s1. The summed E-state index contributed by atoms with van der Waals surface area (Å²) in [6, 6.07) is 23.7. The van der Waals surface area contributed by atoms with Crippen molar-refractivity contribution in [3.8, 4) is 0 Å². The third-order valence-electron chi connectivity index (χ3n) is 7.21. The van der Waals surface area contributed by atoms with E-state index in [4.69, 9.17) is 0 Å². The van der Waals surface area contributed by atoms with Crippen LogP contribution in [-0.4, -0.2) is 50.5 Å². The zero-order chi connectivity index (χ0) is 30.0. The number of rotatable bonds is 14. The van der Waals surface area contributed by atoms with Gasteiger partial charge in [0.05, 0.1) is 11.9 Å². The summed E-state index contributed by atoms with van der Waals surface area (Å²) < 4.78 is 27.4. The van der Waals surface area contributed by atoms with Crippen LogP contribution < -0.4 is 9.62 Å². The maximum Gasteiger partial charge on any atom is 0.244 e. The van der Waals surface area contributed by atoms with E-state index in [0.29, 0.717) is 18.7 Å². The second-order valence-electron chi connectivity index (χ2n) is 10.8. The lowest BCUT2D eigenvalue weighted by atomic mass is 10.0. The number of hydrogen-bond donors (Lipinski definition) is 1. The maximum atomic E-state index is 14.3. The van der Waals surface area contributed by atoms with Crippen LogP contribution in [0.4, 0.5) is 5.69 Å². The first-order chi connectivity index (χ1) is 19.5. The Balaban J connectivity index is 2.08. The Labute approximate surface area is 245 Å². The molecule has 0 aromatic heterocycles. The van der Waals surface area contributed by atoms with Gasteiger partial charge in [-0.05, 0) is 47.6 Å². The van der Waals surface area contributed by atoms with Crippen LogP contribution in [-0.2, 0) is 32.6 Å². The molecule has 3 aromatic carbocycles. The number of nitrogens with zero attached hydrogens (tertiary/aromatic N) is 2. The van der Waals surface area contributed by atoms with Crippen molar-refractivity contribution in [2.24, 2.45) is 0 Å². The smallest absolute Gasteiger partial charge is 0.244 e. The monoisotopic (exact) mass is 577 g/mol. The van der Waals surface area contributed by atoms with Crippen LogP contribution in [0, 0.1) is 6.92 Å². The fraction of sp³-hybridized carbons (Fsp3) is 0.394. The lowest BCUT2D eigenvalue weighted by molar-refractivity contribution is -0.140. The molecule has 0 aliphatic carbocycles. The number of sulfonamides is 1. The summed E-state index contributed by atoms with van der Waals surface area (Å²) in [5.74, 6) is -0.648. The second kappa shape index (κ2) is 14.8. The molecule has 0 bridgehead atoms. The highest BCUT2D eigenvalue weighted by atomic mass is 32.2. The molecule has 3 rings (SSSR count). The van der Waals surface area contributed by atoms with E-state index < -0.39 is 28.5 Å². The predicted octanol–water partition coefficient (Wildman–Crippen LogP) is 5.44. The van der Waals surface area contributed by atoms with Crippen LogP contribution in [0.2, 0.25) is 0 Å². The van der Waals surface area contributed by atoms with Crippen LogP contribution in [0.25, 0.3) is 0 Å². The van der Waals surface area contributed by atoms with Gasteiger partial charge in [0.15, 0.2) is 0 Å². The van der Waals surface area contributed by atoms with Gasteiger partial charge in [0.2, 0.25) is 21.8 Å². The Morgan fingerprint density at radius 1 is 0.902 bits per heavy atom. The summed E-state index contributed by atoms with van der Waals surface area (Å²) in [6.07, 6.45) is 3.16. The molecule has 1 atom stereocenters. The normalized spacial score (nSPS) is 12.1. The molecule has 1 N–H and O–H groups in total. The van der Waals surface area contributed by atoms with Gasteiger partial charge in [-0.25, -0.2) is 8.42 Å². The van der Waals surface area contributed by atoms with Crippen molar-refractivity contribution in [3.63, 3.8) is 0 Å². The molecule has 41 heavy (non-hydrogen) atoms. The third-order valence-corrected chi connectivity index (χ3v) is 8.34. The fourth-order valence-corrected chi connectivity index (χ4v) is 5.70. The van der Waals surface area contributed by atoms with E-state index in [2.05, 4.69) is 12.2 Å². The van der Waals surface area contributed by atoms with E-state index in [1.807, 2.05) is 87.5 Å². The Kier molecular flexibility index (Phi) is 11.5. The van der Waals surface area contributed by atoms with Gasteiger partial charge in [-0.3, -0.25) is 13.9 Å². The molecular formula is C33H43N3O4S. The topological polar surface area (TPSA) is 86.8 Å². The molecule has 3 aromatic rings. The summed E-state index contributed by atoms with van der Waals surface area (Å²) in [5, 5.41) is 3.01. The molecule has 0 spiro atoms. The van der Waals surface area contributed by atoms with E-state index >= 15 is 0 Å². The number of aryl methyl sites for hydroxylation is 1. The number of carbonyl (C=O) groups excluding carboxylic acids is 2. The molecule has 0 radical (unpaired) electrons. The number of para-hydroxylation sites is 1. The van der Waals surface area contributed by atoms with Gasteiger partial charge in [-0.15, -0.1) is 0 Å². The van der Waals surface area contributed by atoms with Crippen molar-refractivity contribution in [2.45, 2.75) is 65.5 Å². The Bertz CT molecular complexity index is 1410. The van der Waals surface area contributed by atoms with E-state index in [0.717, 1.165) is 41.4 Å². The lowest BCUT2D eigenvalue weighted by Gasteiger charge is -2.34. The van der Waals surface area contributed by atoms with Crippen molar-refractivity contribution in [1.82, 2.24) is 10.2 Å². The van der Waals surface area contributed by atoms with E-state index in [9.17, 15) is 18.0 Å². The molecule has 0 saturated carbocycles. The summed E-state index contributed by atoms with van der Waals surface area (Å²) in [6.45, 7) is 8.26. The molecule has 220 valence electrons. The van der Waals surface area contributed by atoms with E-state index in [-0.39, 0.29) is 18.4 Å². The quantitative estimate of drug-likeness (QED) is 0.259. The summed E-state index contributed by atoms with van der Waals surface area (Å²) in [5.41, 5.74) is 4.10. The SMILES string of the molecule is CCCCNC(=O)[C@H](Cc1ccccc1)N(Cc1ccccc1C)C(=O)CN(c1ccccc1C(C)C)S(C)(=O)=O. The van der Waals surface area contributed by atoms with Gasteiger partial charge in [0, 0.05) is 19.5 Å². The highest BCUT2D eigenvalue weighted by Crippen LogP contribution is 2.29. The number of benzene rings is 3. The zero-order valence-corrected chi connectivity index (χ0v) is 25.7. The van der Waals surface area contributed by atoms with Crippen molar-refractivity contribution < 1.29 is 18.0 Å². The molecule has 0 unspecified atom stereocenters. The van der Waals surface area contributed by atoms with Crippen molar-refractivity contribution in [3.05, 3.63) is 101 Å². The van der Waals surface area contributed by atoms with Gasteiger partial charge in [0.1, 0.15) is 12.6 Å². The van der Waals surface area contributed by atoms with Gasteiger partial charge in [-0.1, -0.05) is 100.0 Å². The molecule has 0 fully saturated rings. The van der Waals surface area contributed by atoms with Gasteiger partial charge in [0.25, 0.3) is 0 Å². The largest absolute Gasteiger partial charge is 0.354 e. The van der Waals surface area contributed by atoms with Crippen LogP contribution >= 0.6 is 0 Å². The molecule has 8 heteroatoms. The first kappa shape index (κ1) is 31.9. The Morgan fingerprint density at radius 2 is 1.54 bits per heavy atom. The minimum absolute atomic E-state index is 0.0452. The first-order valence-electron chi connectivity index (χ1n) is 14.2. The number of anilines is 1. The summed E-state index contributed by atoms with van der Waals surface area (Å²) in [4.78, 5) is 29.5. The molecule has 2 amide bonds. The third kappa shape index (κ3) is 8.92. The maximum absolute atomic E-state index is 14.3. The number of nitrogens with one attached hydrogen (secondary N) is 1. The number of unbranched alkanes of at least 4 members (excludes halogenated alkanes) is 1. The average Bonchev–Trinajstić information content (AvgIpc) is 2.94. The van der Waals surface area contributed by atoms with Gasteiger partial charge < -0.3 is 10.2 Å². The van der Waals surface area contributed by atoms with E-state index in [1.165, 1.54) is 4.31 Å².